The molecule has 6 heteroatoms. The van der Waals surface area contributed by atoms with Gasteiger partial charge in [0, 0.05) is 18.9 Å². The molecule has 1 aromatic carbocycles. The van der Waals surface area contributed by atoms with Crippen LogP contribution in [0.4, 0.5) is 5.69 Å². The van der Waals surface area contributed by atoms with Crippen molar-refractivity contribution in [2.45, 2.75) is 18.8 Å². The quantitative estimate of drug-likeness (QED) is 0.736. The fraction of sp³-hybridized carbons (Fsp3) is 0.389. The van der Waals surface area contributed by atoms with Crippen LogP contribution in [0.25, 0.3) is 0 Å². The number of carbonyl (C=O) groups is 1. The van der Waals surface area contributed by atoms with E-state index in [1.807, 2.05) is 11.4 Å². The maximum atomic E-state index is 12.6. The van der Waals surface area contributed by atoms with E-state index in [2.05, 4.69) is 11.4 Å². The van der Waals surface area contributed by atoms with Gasteiger partial charge in [0.25, 0.3) is 5.91 Å². The van der Waals surface area contributed by atoms with Crippen LogP contribution in [-0.4, -0.2) is 33.3 Å². The molecule has 0 aliphatic heterocycles. The molecule has 0 radical (unpaired) electrons. The third-order valence-electron chi connectivity index (χ3n) is 3.89. The van der Waals surface area contributed by atoms with Gasteiger partial charge in [-0.05, 0) is 47.9 Å². The molecule has 0 unspecified atom stereocenters. The Morgan fingerprint density at radius 1 is 1.21 bits per heavy atom. The third kappa shape index (κ3) is 3.88. The molecular formula is C18H21NO4S. The molecule has 1 aliphatic rings. The summed E-state index contributed by atoms with van der Waals surface area (Å²) in [6.07, 6.45) is 2.36. The van der Waals surface area contributed by atoms with E-state index >= 15 is 0 Å². The molecule has 2 aromatic rings. The minimum atomic E-state index is -0.0695. The average molecular weight is 347 g/mol. The monoisotopic (exact) mass is 347 g/mol. The Hall–Kier alpha value is -2.05. The first-order valence-electron chi connectivity index (χ1n) is 7.91. The largest absolute Gasteiger partial charge is 0.493 e. The zero-order valence-corrected chi connectivity index (χ0v) is 14.7. The van der Waals surface area contributed by atoms with Crippen LogP contribution in [0, 0.1) is 0 Å². The number of amides is 1. The summed E-state index contributed by atoms with van der Waals surface area (Å²) < 4.78 is 15.9. The van der Waals surface area contributed by atoms with Gasteiger partial charge in [-0.3, -0.25) is 4.79 Å². The summed E-state index contributed by atoms with van der Waals surface area (Å²) in [5.41, 5.74) is 1.85. The molecular weight excluding hydrogens is 326 g/mol. The van der Waals surface area contributed by atoms with Crippen molar-refractivity contribution in [1.29, 1.82) is 0 Å². The molecule has 5 nitrogen and oxygen atoms in total. The van der Waals surface area contributed by atoms with E-state index in [1.165, 1.54) is 29.7 Å². The van der Waals surface area contributed by atoms with E-state index < -0.39 is 0 Å². The molecule has 0 spiro atoms. The molecule has 24 heavy (non-hydrogen) atoms. The van der Waals surface area contributed by atoms with Crippen molar-refractivity contribution in [3.63, 3.8) is 0 Å². The molecule has 128 valence electrons. The number of carbonyl (C=O) groups excluding carboxylic acids is 1. The molecule has 1 amide bonds. The van der Waals surface area contributed by atoms with Gasteiger partial charge in [-0.2, -0.15) is 0 Å². The highest BCUT2D eigenvalue weighted by Crippen LogP contribution is 2.43. The summed E-state index contributed by atoms with van der Waals surface area (Å²) in [5.74, 6) is 1.69. The number of thiophene rings is 1. The van der Waals surface area contributed by atoms with Crippen LogP contribution < -0.4 is 14.8 Å². The molecule has 1 aromatic heterocycles. The highest BCUT2D eigenvalue weighted by molar-refractivity contribution is 7.12. The highest BCUT2D eigenvalue weighted by Gasteiger charge is 2.29. The van der Waals surface area contributed by atoms with E-state index in [0.29, 0.717) is 36.3 Å². The summed E-state index contributed by atoms with van der Waals surface area (Å²) in [5, 5.41) is 4.94. The lowest BCUT2D eigenvalue weighted by atomic mass is 10.1. The summed E-state index contributed by atoms with van der Waals surface area (Å²) in [6, 6.07) is 7.43. The molecule has 1 fully saturated rings. The first kappa shape index (κ1) is 16.8. The van der Waals surface area contributed by atoms with Crippen molar-refractivity contribution in [2.75, 3.05) is 32.8 Å². The summed E-state index contributed by atoms with van der Waals surface area (Å²) in [7, 11) is 3.21. The van der Waals surface area contributed by atoms with Gasteiger partial charge in [0.15, 0.2) is 11.5 Å². The van der Waals surface area contributed by atoms with Crippen LogP contribution >= 0.6 is 11.3 Å². The fourth-order valence-corrected chi connectivity index (χ4v) is 3.39. The first-order valence-corrected chi connectivity index (χ1v) is 8.79. The zero-order chi connectivity index (χ0) is 16.9. The standard InChI is InChI=1S/C18H21NO4S/c1-21-8-9-23-16-11-13(5-6-15(16)22-2)19-18(20)17-14(7-10-24-17)12-3-4-12/h5-7,10-12H,3-4,8-9H2,1-2H3,(H,19,20). The summed E-state index contributed by atoms with van der Waals surface area (Å²) >= 11 is 1.49. The molecule has 0 bridgehead atoms. The highest BCUT2D eigenvalue weighted by atomic mass is 32.1. The van der Waals surface area contributed by atoms with E-state index in [1.54, 1.807) is 26.4 Å². The molecule has 1 aliphatic carbocycles. The lowest BCUT2D eigenvalue weighted by Gasteiger charge is -2.13. The summed E-state index contributed by atoms with van der Waals surface area (Å²) in [4.78, 5) is 13.4. The van der Waals surface area contributed by atoms with Gasteiger partial charge in [0.05, 0.1) is 18.6 Å². The van der Waals surface area contributed by atoms with Crippen LogP contribution in [0.3, 0.4) is 0 Å². The Morgan fingerprint density at radius 2 is 2.04 bits per heavy atom. The van der Waals surface area contributed by atoms with Crippen molar-refractivity contribution in [2.24, 2.45) is 0 Å². The Kier molecular flexibility index (Phi) is 5.37. The number of rotatable bonds is 8. The Bertz CT molecular complexity index is 709. The van der Waals surface area contributed by atoms with E-state index in [4.69, 9.17) is 14.2 Å². The number of nitrogens with one attached hydrogen (secondary N) is 1. The molecule has 3 rings (SSSR count). The van der Waals surface area contributed by atoms with Crippen LogP contribution in [0.5, 0.6) is 11.5 Å². The Balaban J connectivity index is 1.72. The molecule has 0 atom stereocenters. The van der Waals surface area contributed by atoms with Gasteiger partial charge in [-0.25, -0.2) is 0 Å². The normalized spacial score (nSPS) is 13.6. The molecule has 0 saturated heterocycles. The summed E-state index contributed by atoms with van der Waals surface area (Å²) in [6.45, 7) is 0.903. The minimum Gasteiger partial charge on any atom is -0.493 e. The van der Waals surface area contributed by atoms with Crippen LogP contribution in [0.2, 0.25) is 0 Å². The van der Waals surface area contributed by atoms with Crippen molar-refractivity contribution < 1.29 is 19.0 Å². The Labute approximate surface area is 145 Å². The maximum absolute atomic E-state index is 12.6. The minimum absolute atomic E-state index is 0.0695. The van der Waals surface area contributed by atoms with E-state index in [-0.39, 0.29) is 5.91 Å². The van der Waals surface area contributed by atoms with Gasteiger partial charge in [-0.1, -0.05) is 0 Å². The number of anilines is 1. The van der Waals surface area contributed by atoms with Crippen molar-refractivity contribution >= 4 is 22.9 Å². The van der Waals surface area contributed by atoms with Crippen LogP contribution in [0.15, 0.2) is 29.6 Å². The van der Waals surface area contributed by atoms with Gasteiger partial charge < -0.3 is 19.5 Å². The predicted octanol–water partition coefficient (Wildman–Crippen LogP) is 3.91. The number of ether oxygens (including phenoxy) is 3. The Morgan fingerprint density at radius 3 is 2.75 bits per heavy atom. The van der Waals surface area contributed by atoms with Crippen LogP contribution in [0.1, 0.15) is 34.0 Å². The second-order valence-electron chi connectivity index (χ2n) is 5.64. The number of hydrogen-bond donors (Lipinski definition) is 1. The van der Waals surface area contributed by atoms with Crippen molar-refractivity contribution in [3.8, 4) is 11.5 Å². The van der Waals surface area contributed by atoms with Crippen molar-refractivity contribution in [1.82, 2.24) is 0 Å². The maximum Gasteiger partial charge on any atom is 0.266 e. The van der Waals surface area contributed by atoms with Crippen molar-refractivity contribution in [3.05, 3.63) is 40.1 Å². The SMILES string of the molecule is COCCOc1cc(NC(=O)c2sccc2C2CC2)ccc1OC. The smallest absolute Gasteiger partial charge is 0.266 e. The second kappa shape index (κ2) is 7.68. The van der Waals surface area contributed by atoms with Crippen LogP contribution in [-0.2, 0) is 4.74 Å². The molecule has 1 N–H and O–H groups in total. The number of hydrogen-bond acceptors (Lipinski definition) is 5. The third-order valence-corrected chi connectivity index (χ3v) is 4.81. The average Bonchev–Trinajstić information content (AvgIpc) is 3.32. The lowest BCUT2D eigenvalue weighted by molar-refractivity contribution is 0.102. The second-order valence-corrected chi connectivity index (χ2v) is 6.56. The van der Waals surface area contributed by atoms with E-state index in [0.717, 1.165) is 4.88 Å². The van der Waals surface area contributed by atoms with Gasteiger partial charge in [0.2, 0.25) is 0 Å². The topological polar surface area (TPSA) is 56.8 Å². The van der Waals surface area contributed by atoms with Gasteiger partial charge >= 0.3 is 0 Å². The predicted molar refractivity (Wildman–Crippen MR) is 94.6 cm³/mol. The fourth-order valence-electron chi connectivity index (χ4n) is 2.51. The van der Waals surface area contributed by atoms with Gasteiger partial charge in [0.1, 0.15) is 6.61 Å². The number of benzene rings is 1. The lowest BCUT2D eigenvalue weighted by Crippen LogP contribution is -2.12. The van der Waals surface area contributed by atoms with E-state index in [9.17, 15) is 4.79 Å². The first-order chi connectivity index (χ1) is 11.7. The zero-order valence-electron chi connectivity index (χ0n) is 13.8. The molecule has 1 heterocycles. The number of methoxy groups -OCH3 is 2. The van der Waals surface area contributed by atoms with Gasteiger partial charge in [-0.15, -0.1) is 11.3 Å². The molecule has 1 saturated carbocycles.